The average Bonchev–Trinajstić information content (AvgIpc) is 2.70. The number of hydrogen-bond acceptors (Lipinski definition) is 4. The van der Waals surface area contributed by atoms with E-state index in [-0.39, 0.29) is 0 Å². The summed E-state index contributed by atoms with van der Waals surface area (Å²) in [5.74, 6) is 0. The van der Waals surface area contributed by atoms with Crippen molar-refractivity contribution in [2.24, 2.45) is 0 Å². The molecule has 16 heavy (non-hydrogen) atoms. The summed E-state index contributed by atoms with van der Waals surface area (Å²) in [6.07, 6.45) is 3.10. The second kappa shape index (κ2) is 5.49. The lowest BCUT2D eigenvalue weighted by atomic mass is 10.2. The molecule has 1 fully saturated rings. The summed E-state index contributed by atoms with van der Waals surface area (Å²) in [4.78, 5) is 6.67. The quantitative estimate of drug-likeness (QED) is 0.799. The van der Waals surface area contributed by atoms with Crippen LogP contribution in [-0.2, 0) is 0 Å². The fourth-order valence-electron chi connectivity index (χ4n) is 1.76. The van der Waals surface area contributed by atoms with Gasteiger partial charge in [0.1, 0.15) is 5.03 Å². The van der Waals surface area contributed by atoms with Crippen molar-refractivity contribution < 1.29 is 0 Å². The van der Waals surface area contributed by atoms with Gasteiger partial charge in [0, 0.05) is 29.8 Å². The van der Waals surface area contributed by atoms with Crippen LogP contribution in [0.3, 0.4) is 0 Å². The van der Waals surface area contributed by atoms with Crippen molar-refractivity contribution in [3.05, 3.63) is 22.8 Å². The van der Waals surface area contributed by atoms with Gasteiger partial charge in [-0.05, 0) is 60.5 Å². The van der Waals surface area contributed by atoms with Crippen LogP contribution >= 0.6 is 27.9 Å². The second-order valence-corrected chi connectivity index (χ2v) is 6.23. The number of halogens is 1. The zero-order valence-electron chi connectivity index (χ0n) is 9.56. The van der Waals surface area contributed by atoms with E-state index in [4.69, 9.17) is 0 Å². The van der Waals surface area contributed by atoms with E-state index in [1.807, 2.05) is 12.3 Å². The van der Waals surface area contributed by atoms with Crippen molar-refractivity contribution in [2.75, 3.05) is 27.2 Å². The summed E-state index contributed by atoms with van der Waals surface area (Å²) in [5.41, 5.74) is 0. The summed E-state index contributed by atoms with van der Waals surface area (Å²) >= 11 is 5.15. The molecule has 2 heterocycles. The fourth-order valence-corrected chi connectivity index (χ4v) is 2.93. The molecular weight excluding hydrogens is 286 g/mol. The Hall–Kier alpha value is -0.100. The zero-order chi connectivity index (χ0) is 11.5. The highest BCUT2D eigenvalue weighted by atomic mass is 79.9. The van der Waals surface area contributed by atoms with Crippen LogP contribution in [0.25, 0.3) is 0 Å². The minimum absolute atomic E-state index is 0.683. The molecule has 88 valence electrons. The molecule has 5 heteroatoms. The van der Waals surface area contributed by atoms with Crippen LogP contribution in [-0.4, -0.2) is 47.4 Å². The van der Waals surface area contributed by atoms with Crippen molar-refractivity contribution in [3.8, 4) is 0 Å². The molecule has 0 aliphatic carbocycles. The van der Waals surface area contributed by atoms with E-state index >= 15 is 0 Å². The minimum atomic E-state index is 0.683. The molecule has 2 rings (SSSR count). The predicted molar refractivity (Wildman–Crippen MR) is 71.5 cm³/mol. The molecule has 3 nitrogen and oxygen atoms in total. The standard InChI is InChI=1S/C11H16BrN3S/c1-14(2)10-5-6-15(8-10)16-11-4-3-9(12)7-13-11/h3-4,7,10H,5-6,8H2,1-2H3/t10-/m1/s1. The molecule has 0 spiro atoms. The van der Waals surface area contributed by atoms with E-state index < -0.39 is 0 Å². The molecule has 0 amide bonds. The number of nitrogens with zero attached hydrogens (tertiary/aromatic N) is 3. The molecule has 1 aliphatic rings. The number of aromatic nitrogens is 1. The van der Waals surface area contributed by atoms with Crippen LogP contribution in [0.15, 0.2) is 27.8 Å². The molecule has 1 aliphatic heterocycles. The van der Waals surface area contributed by atoms with E-state index in [0.29, 0.717) is 6.04 Å². The first-order valence-corrected chi connectivity index (χ1v) is 6.92. The molecule has 0 bridgehead atoms. The Morgan fingerprint density at radius 1 is 1.50 bits per heavy atom. The van der Waals surface area contributed by atoms with E-state index in [0.717, 1.165) is 22.6 Å². The van der Waals surface area contributed by atoms with Crippen molar-refractivity contribution >= 4 is 27.9 Å². The van der Waals surface area contributed by atoms with Gasteiger partial charge in [-0.25, -0.2) is 9.29 Å². The molecular formula is C11H16BrN3S. The predicted octanol–water partition coefficient (Wildman–Crippen LogP) is 2.49. The van der Waals surface area contributed by atoms with Crippen LogP contribution in [0, 0.1) is 0 Å². The summed E-state index contributed by atoms with van der Waals surface area (Å²) in [7, 11) is 4.30. The number of likely N-dealkylation sites (N-methyl/N-ethyl adjacent to an activating group) is 1. The Morgan fingerprint density at radius 3 is 2.88 bits per heavy atom. The van der Waals surface area contributed by atoms with Gasteiger partial charge in [-0.2, -0.15) is 0 Å². The maximum absolute atomic E-state index is 4.37. The van der Waals surface area contributed by atoms with Crippen LogP contribution < -0.4 is 0 Å². The highest BCUT2D eigenvalue weighted by molar-refractivity contribution is 9.10. The van der Waals surface area contributed by atoms with E-state index in [9.17, 15) is 0 Å². The van der Waals surface area contributed by atoms with E-state index in [1.165, 1.54) is 6.42 Å². The molecule has 1 saturated heterocycles. The highest BCUT2D eigenvalue weighted by Crippen LogP contribution is 2.27. The lowest BCUT2D eigenvalue weighted by Gasteiger charge is -2.19. The summed E-state index contributed by atoms with van der Waals surface area (Å²) in [6.45, 7) is 2.26. The second-order valence-electron chi connectivity index (χ2n) is 4.20. The third-order valence-electron chi connectivity index (χ3n) is 2.78. The van der Waals surface area contributed by atoms with Crippen LogP contribution in [0.2, 0.25) is 0 Å². The van der Waals surface area contributed by atoms with Crippen LogP contribution in [0.4, 0.5) is 0 Å². The Balaban J connectivity index is 1.89. The van der Waals surface area contributed by atoms with Crippen molar-refractivity contribution in [1.82, 2.24) is 14.2 Å². The summed E-state index contributed by atoms with van der Waals surface area (Å²) in [6, 6.07) is 4.77. The number of pyridine rings is 1. The third kappa shape index (κ3) is 3.20. The van der Waals surface area contributed by atoms with Crippen LogP contribution in [0.1, 0.15) is 6.42 Å². The van der Waals surface area contributed by atoms with Gasteiger partial charge in [0.15, 0.2) is 0 Å². The SMILES string of the molecule is CN(C)[C@@H]1CCN(Sc2ccc(Br)cn2)C1. The molecule has 1 aromatic rings. The normalized spacial score (nSPS) is 21.9. The number of rotatable bonds is 3. The topological polar surface area (TPSA) is 19.4 Å². The first-order valence-electron chi connectivity index (χ1n) is 5.36. The van der Waals surface area contributed by atoms with E-state index in [2.05, 4.69) is 50.3 Å². The average molecular weight is 302 g/mol. The van der Waals surface area contributed by atoms with E-state index in [1.54, 1.807) is 11.9 Å². The van der Waals surface area contributed by atoms with Gasteiger partial charge >= 0.3 is 0 Å². The molecule has 0 saturated carbocycles. The fraction of sp³-hybridized carbons (Fsp3) is 0.545. The maximum atomic E-state index is 4.37. The van der Waals surface area contributed by atoms with Gasteiger partial charge in [0.25, 0.3) is 0 Å². The molecule has 0 radical (unpaired) electrons. The minimum Gasteiger partial charge on any atom is -0.305 e. The lowest BCUT2D eigenvalue weighted by molar-refractivity contribution is 0.305. The molecule has 0 aromatic carbocycles. The van der Waals surface area contributed by atoms with Gasteiger partial charge in [-0.15, -0.1) is 0 Å². The third-order valence-corrected chi connectivity index (χ3v) is 4.27. The highest BCUT2D eigenvalue weighted by Gasteiger charge is 2.24. The monoisotopic (exact) mass is 301 g/mol. The molecule has 1 atom stereocenters. The maximum Gasteiger partial charge on any atom is 0.111 e. The lowest BCUT2D eigenvalue weighted by Crippen LogP contribution is -2.29. The van der Waals surface area contributed by atoms with Gasteiger partial charge < -0.3 is 4.90 Å². The van der Waals surface area contributed by atoms with Crippen LogP contribution in [0.5, 0.6) is 0 Å². The smallest absolute Gasteiger partial charge is 0.111 e. The van der Waals surface area contributed by atoms with Gasteiger partial charge in [0.2, 0.25) is 0 Å². The number of hydrogen-bond donors (Lipinski definition) is 0. The van der Waals surface area contributed by atoms with Crippen molar-refractivity contribution in [1.29, 1.82) is 0 Å². The van der Waals surface area contributed by atoms with Crippen molar-refractivity contribution in [3.63, 3.8) is 0 Å². The molecule has 0 N–H and O–H groups in total. The summed E-state index contributed by atoms with van der Waals surface area (Å²) in [5, 5.41) is 1.07. The Morgan fingerprint density at radius 2 is 2.31 bits per heavy atom. The van der Waals surface area contributed by atoms with Gasteiger partial charge in [-0.1, -0.05) is 0 Å². The van der Waals surface area contributed by atoms with Gasteiger partial charge in [0.05, 0.1) is 0 Å². The first kappa shape index (κ1) is 12.4. The Labute approximate surface area is 109 Å². The Bertz CT molecular complexity index is 342. The van der Waals surface area contributed by atoms with Gasteiger partial charge in [-0.3, -0.25) is 0 Å². The summed E-state index contributed by atoms with van der Waals surface area (Å²) < 4.78 is 3.42. The van der Waals surface area contributed by atoms with Crippen molar-refractivity contribution in [2.45, 2.75) is 17.5 Å². The first-order chi connectivity index (χ1) is 7.65. The largest absolute Gasteiger partial charge is 0.305 e. The molecule has 0 unspecified atom stereocenters. The molecule has 1 aromatic heterocycles. The zero-order valence-corrected chi connectivity index (χ0v) is 12.0. The Kier molecular flexibility index (Phi) is 4.24.